The molecule has 0 saturated carbocycles. The quantitative estimate of drug-likeness (QED) is 0.905. The average Bonchev–Trinajstić information content (AvgIpc) is 2.41. The molecule has 0 amide bonds. The van der Waals surface area contributed by atoms with Gasteiger partial charge in [-0.2, -0.15) is 0 Å². The van der Waals surface area contributed by atoms with Gasteiger partial charge in [0.2, 0.25) is 0 Å². The Morgan fingerprint density at radius 2 is 2.05 bits per heavy atom. The summed E-state index contributed by atoms with van der Waals surface area (Å²) in [7, 11) is 0. The third-order valence-electron chi connectivity index (χ3n) is 3.96. The number of nitrogens with one attached hydrogen (secondary N) is 1. The van der Waals surface area contributed by atoms with Crippen LogP contribution in [0.25, 0.3) is 0 Å². The van der Waals surface area contributed by atoms with Crippen molar-refractivity contribution in [1.29, 1.82) is 0 Å². The highest BCUT2D eigenvalue weighted by molar-refractivity contribution is 5.48. The van der Waals surface area contributed by atoms with Crippen LogP contribution in [0.5, 0.6) is 0 Å². The number of rotatable bonds is 3. The second kappa shape index (κ2) is 5.87. The van der Waals surface area contributed by atoms with E-state index in [2.05, 4.69) is 31.0 Å². The Morgan fingerprint density at radius 3 is 2.63 bits per heavy atom. The van der Waals surface area contributed by atoms with E-state index >= 15 is 0 Å². The summed E-state index contributed by atoms with van der Waals surface area (Å²) in [5.74, 6) is -1.04. The van der Waals surface area contributed by atoms with E-state index in [1.807, 2.05) is 0 Å². The summed E-state index contributed by atoms with van der Waals surface area (Å²) in [6, 6.07) is 4.91. The largest absolute Gasteiger partial charge is 0.366 e. The lowest BCUT2D eigenvalue weighted by molar-refractivity contribution is 0.325. The Balaban J connectivity index is 2.24. The molecule has 0 spiro atoms. The van der Waals surface area contributed by atoms with E-state index in [-0.39, 0.29) is 0 Å². The predicted molar refractivity (Wildman–Crippen MR) is 74.4 cm³/mol. The summed E-state index contributed by atoms with van der Waals surface area (Å²) in [5, 5.41) is 3.54. The number of nitrogens with zero attached hydrogens (tertiary/aromatic N) is 1. The van der Waals surface area contributed by atoms with Gasteiger partial charge < -0.3 is 10.2 Å². The zero-order chi connectivity index (χ0) is 14.0. The van der Waals surface area contributed by atoms with Gasteiger partial charge in [-0.15, -0.1) is 0 Å². The first kappa shape index (κ1) is 14.3. The molecule has 1 heterocycles. The Bertz CT molecular complexity index is 434. The SMILES string of the molecule is CCC1CNC(C(C)C)CN1c1ccc(F)c(F)c1. The van der Waals surface area contributed by atoms with E-state index in [1.165, 1.54) is 12.1 Å². The topological polar surface area (TPSA) is 15.3 Å². The first-order valence-electron chi connectivity index (χ1n) is 6.98. The maximum atomic E-state index is 13.4. The van der Waals surface area contributed by atoms with Crippen molar-refractivity contribution in [2.45, 2.75) is 39.3 Å². The van der Waals surface area contributed by atoms with Crippen LogP contribution in [-0.4, -0.2) is 25.2 Å². The Morgan fingerprint density at radius 1 is 1.32 bits per heavy atom. The van der Waals surface area contributed by atoms with Gasteiger partial charge in [0.1, 0.15) is 0 Å². The number of hydrogen-bond donors (Lipinski definition) is 1. The molecule has 1 aliphatic heterocycles. The predicted octanol–water partition coefficient (Wildman–Crippen LogP) is 3.18. The number of benzene rings is 1. The maximum Gasteiger partial charge on any atom is 0.160 e. The van der Waals surface area contributed by atoms with Crippen LogP contribution in [0.1, 0.15) is 27.2 Å². The molecular formula is C15H22F2N2. The Hall–Kier alpha value is -1.16. The number of piperazine rings is 1. The van der Waals surface area contributed by atoms with Crippen molar-refractivity contribution in [3.8, 4) is 0 Å². The van der Waals surface area contributed by atoms with Crippen LogP contribution in [-0.2, 0) is 0 Å². The van der Waals surface area contributed by atoms with Gasteiger partial charge in [0.15, 0.2) is 11.6 Å². The first-order valence-corrected chi connectivity index (χ1v) is 6.98. The summed E-state index contributed by atoms with van der Waals surface area (Å²) in [4.78, 5) is 2.20. The monoisotopic (exact) mass is 268 g/mol. The van der Waals surface area contributed by atoms with Gasteiger partial charge in [0, 0.05) is 36.9 Å². The highest BCUT2D eigenvalue weighted by Crippen LogP contribution is 2.24. The number of hydrogen-bond acceptors (Lipinski definition) is 2. The van der Waals surface area contributed by atoms with Crippen LogP contribution in [0.3, 0.4) is 0 Å². The summed E-state index contributed by atoms with van der Waals surface area (Å²) < 4.78 is 26.4. The molecule has 2 rings (SSSR count). The highest BCUT2D eigenvalue weighted by atomic mass is 19.2. The van der Waals surface area contributed by atoms with Crippen molar-refractivity contribution in [2.75, 3.05) is 18.0 Å². The summed E-state index contributed by atoms with van der Waals surface area (Å²) >= 11 is 0. The van der Waals surface area contributed by atoms with Crippen LogP contribution in [0.4, 0.5) is 14.5 Å². The van der Waals surface area contributed by atoms with Gasteiger partial charge >= 0.3 is 0 Å². The fourth-order valence-electron chi connectivity index (χ4n) is 2.61. The molecule has 0 aliphatic carbocycles. The molecule has 1 fully saturated rings. The van der Waals surface area contributed by atoms with E-state index in [0.717, 1.165) is 25.2 Å². The molecule has 2 atom stereocenters. The molecule has 2 nitrogen and oxygen atoms in total. The molecule has 1 aliphatic rings. The van der Waals surface area contributed by atoms with Crippen LogP contribution in [0, 0.1) is 17.6 Å². The highest BCUT2D eigenvalue weighted by Gasteiger charge is 2.28. The second-order valence-corrected chi connectivity index (χ2v) is 5.57. The van der Waals surface area contributed by atoms with E-state index in [4.69, 9.17) is 0 Å². The van der Waals surface area contributed by atoms with Gasteiger partial charge in [0.05, 0.1) is 0 Å². The summed E-state index contributed by atoms with van der Waals surface area (Å²) in [5.41, 5.74) is 0.776. The molecule has 106 valence electrons. The zero-order valence-electron chi connectivity index (χ0n) is 11.8. The summed E-state index contributed by atoms with van der Waals surface area (Å²) in [6.07, 6.45) is 0.983. The van der Waals surface area contributed by atoms with E-state index < -0.39 is 11.6 Å². The molecule has 0 bridgehead atoms. The van der Waals surface area contributed by atoms with Crippen molar-refractivity contribution >= 4 is 5.69 Å². The van der Waals surface area contributed by atoms with Gasteiger partial charge in [-0.25, -0.2) is 8.78 Å². The minimum absolute atomic E-state index is 0.333. The zero-order valence-corrected chi connectivity index (χ0v) is 11.8. The van der Waals surface area contributed by atoms with Gasteiger partial charge in [-0.3, -0.25) is 0 Å². The molecule has 2 unspecified atom stereocenters. The fourth-order valence-corrected chi connectivity index (χ4v) is 2.61. The first-order chi connectivity index (χ1) is 9.02. The summed E-state index contributed by atoms with van der Waals surface area (Å²) in [6.45, 7) is 8.19. The molecule has 1 aromatic rings. The third kappa shape index (κ3) is 3.06. The van der Waals surface area contributed by atoms with E-state index in [1.54, 1.807) is 6.07 Å². The molecule has 0 radical (unpaired) electrons. The van der Waals surface area contributed by atoms with E-state index in [0.29, 0.717) is 18.0 Å². The third-order valence-corrected chi connectivity index (χ3v) is 3.96. The van der Waals surface area contributed by atoms with Crippen LogP contribution >= 0.6 is 0 Å². The van der Waals surface area contributed by atoms with Crippen molar-refractivity contribution in [3.05, 3.63) is 29.8 Å². The minimum atomic E-state index is -0.785. The maximum absolute atomic E-state index is 13.4. The van der Waals surface area contributed by atoms with Gasteiger partial charge in [-0.1, -0.05) is 20.8 Å². The molecular weight excluding hydrogens is 246 g/mol. The molecule has 19 heavy (non-hydrogen) atoms. The standard InChI is InChI=1S/C15H22F2N2/c1-4-11-8-18-15(10(2)3)9-19(11)12-5-6-13(16)14(17)7-12/h5-7,10-11,15,18H,4,8-9H2,1-3H3. The fraction of sp³-hybridized carbons (Fsp3) is 0.600. The van der Waals surface area contributed by atoms with Gasteiger partial charge in [0.25, 0.3) is 0 Å². The van der Waals surface area contributed by atoms with E-state index in [9.17, 15) is 8.78 Å². The lowest BCUT2D eigenvalue weighted by atomic mass is 9.98. The lowest BCUT2D eigenvalue weighted by Gasteiger charge is -2.43. The van der Waals surface area contributed by atoms with Gasteiger partial charge in [-0.05, 0) is 24.5 Å². The molecule has 1 saturated heterocycles. The van der Waals surface area contributed by atoms with Crippen LogP contribution in [0.15, 0.2) is 18.2 Å². The molecule has 1 N–H and O–H groups in total. The number of anilines is 1. The molecule has 1 aromatic carbocycles. The average molecular weight is 268 g/mol. The van der Waals surface area contributed by atoms with Crippen molar-refractivity contribution in [2.24, 2.45) is 5.92 Å². The number of halogens is 2. The normalized spacial score (nSPS) is 24.0. The van der Waals surface area contributed by atoms with Crippen molar-refractivity contribution in [1.82, 2.24) is 5.32 Å². The van der Waals surface area contributed by atoms with Crippen molar-refractivity contribution < 1.29 is 8.78 Å². The Kier molecular flexibility index (Phi) is 4.40. The minimum Gasteiger partial charge on any atom is -0.366 e. The smallest absolute Gasteiger partial charge is 0.160 e. The van der Waals surface area contributed by atoms with Crippen LogP contribution < -0.4 is 10.2 Å². The van der Waals surface area contributed by atoms with Crippen LogP contribution in [0.2, 0.25) is 0 Å². The molecule has 0 aromatic heterocycles. The van der Waals surface area contributed by atoms with Crippen molar-refractivity contribution in [3.63, 3.8) is 0 Å². The Labute approximate surface area is 113 Å². The lowest BCUT2D eigenvalue weighted by Crippen LogP contribution is -2.58. The second-order valence-electron chi connectivity index (χ2n) is 5.57. The molecule has 4 heteroatoms.